The zero-order valence-electron chi connectivity index (χ0n) is 16.6. The van der Waals surface area contributed by atoms with E-state index in [-0.39, 0.29) is 23.7 Å². The van der Waals surface area contributed by atoms with Gasteiger partial charge in [0.2, 0.25) is 0 Å². The molecule has 0 fully saturated rings. The van der Waals surface area contributed by atoms with Crippen LogP contribution in [0.3, 0.4) is 0 Å². The second kappa shape index (κ2) is 8.41. The number of carbonyl (C=O) groups is 1. The van der Waals surface area contributed by atoms with Crippen LogP contribution in [-0.2, 0) is 13.0 Å². The minimum atomic E-state index is -0.960. The van der Waals surface area contributed by atoms with E-state index in [4.69, 9.17) is 10.8 Å². The molecule has 4 N–H and O–H groups in total. The number of halogens is 3. The Bertz CT molecular complexity index is 1110. The van der Waals surface area contributed by atoms with Crippen LogP contribution in [0.2, 0.25) is 0 Å². The topological polar surface area (TPSA) is 85.0 Å². The van der Waals surface area contributed by atoms with Crippen molar-refractivity contribution >= 4 is 24.1 Å². The summed E-state index contributed by atoms with van der Waals surface area (Å²) in [6.45, 7) is 5.20. The predicted octanol–water partition coefficient (Wildman–Crippen LogP) is 3.99. The van der Waals surface area contributed by atoms with Crippen LogP contribution in [-0.4, -0.2) is 22.4 Å². The molecule has 1 aliphatic rings. The molecule has 0 saturated carbocycles. The Kier molecular flexibility index (Phi) is 6.09. The largest absolute Gasteiger partial charge is 0.351 e. The molecular formula is C21H22ClF2N5O. The van der Waals surface area contributed by atoms with Crippen molar-refractivity contribution in [2.75, 3.05) is 11.9 Å². The molecule has 2 heterocycles. The third-order valence-corrected chi connectivity index (χ3v) is 5.13. The lowest BCUT2D eigenvalue weighted by Crippen LogP contribution is -2.23. The molecule has 2 amide bonds. The molecule has 3 aromatic rings. The molecule has 0 radical (unpaired) electrons. The van der Waals surface area contributed by atoms with Crippen molar-refractivity contribution in [2.45, 2.75) is 26.8 Å². The summed E-state index contributed by atoms with van der Waals surface area (Å²) in [5, 5.41) is 10.1. The summed E-state index contributed by atoms with van der Waals surface area (Å²) in [5.74, 6) is -1.44. The van der Waals surface area contributed by atoms with Gasteiger partial charge in [0.15, 0.2) is 0 Å². The van der Waals surface area contributed by atoms with E-state index in [1.807, 2.05) is 32.0 Å². The maximum absolute atomic E-state index is 15.1. The molecule has 9 heteroatoms. The van der Waals surface area contributed by atoms with Crippen LogP contribution in [0.5, 0.6) is 0 Å². The molecule has 30 heavy (non-hydrogen) atoms. The van der Waals surface area contributed by atoms with Crippen molar-refractivity contribution in [3.63, 3.8) is 0 Å². The van der Waals surface area contributed by atoms with Crippen LogP contribution in [0.1, 0.15) is 22.4 Å². The van der Waals surface area contributed by atoms with Crippen LogP contribution >= 0.6 is 12.4 Å². The van der Waals surface area contributed by atoms with Crippen LogP contribution < -0.4 is 16.4 Å². The minimum Gasteiger partial charge on any atom is -0.351 e. The van der Waals surface area contributed by atoms with Crippen molar-refractivity contribution in [2.24, 2.45) is 5.73 Å². The molecule has 158 valence electrons. The minimum absolute atomic E-state index is 0. The zero-order chi connectivity index (χ0) is 20.7. The Balaban J connectivity index is 0.00000256. The van der Waals surface area contributed by atoms with Gasteiger partial charge in [-0.2, -0.15) is 5.10 Å². The van der Waals surface area contributed by atoms with E-state index < -0.39 is 17.7 Å². The Labute approximate surface area is 178 Å². The van der Waals surface area contributed by atoms with Gasteiger partial charge in [-0.1, -0.05) is 18.2 Å². The lowest BCUT2D eigenvalue weighted by Gasteiger charge is -2.17. The fourth-order valence-electron chi connectivity index (χ4n) is 3.84. The van der Waals surface area contributed by atoms with Crippen molar-refractivity contribution in [1.29, 1.82) is 0 Å². The molecular weight excluding hydrogens is 412 g/mol. The van der Waals surface area contributed by atoms with E-state index in [9.17, 15) is 9.18 Å². The van der Waals surface area contributed by atoms with Gasteiger partial charge in [-0.3, -0.25) is 0 Å². The normalized spacial score (nSPS) is 12.8. The van der Waals surface area contributed by atoms with E-state index in [2.05, 4.69) is 10.6 Å². The zero-order valence-corrected chi connectivity index (χ0v) is 17.4. The summed E-state index contributed by atoms with van der Waals surface area (Å²) in [6, 6.07) is 6.93. The van der Waals surface area contributed by atoms with Gasteiger partial charge >= 0.3 is 6.03 Å². The molecule has 0 unspecified atom stereocenters. The van der Waals surface area contributed by atoms with Crippen LogP contribution in [0.15, 0.2) is 30.3 Å². The van der Waals surface area contributed by atoms with Gasteiger partial charge in [-0.15, -0.1) is 12.4 Å². The first kappa shape index (κ1) is 21.7. The number of anilines is 1. The quantitative estimate of drug-likeness (QED) is 0.583. The maximum atomic E-state index is 15.1. The summed E-state index contributed by atoms with van der Waals surface area (Å²) >= 11 is 0. The van der Waals surface area contributed by atoms with Crippen molar-refractivity contribution in [3.05, 3.63) is 64.4 Å². The third kappa shape index (κ3) is 3.76. The number of aryl methyl sites for hydroxylation is 2. The monoisotopic (exact) mass is 433 g/mol. The smallest absolute Gasteiger partial charge is 0.316 e. The van der Waals surface area contributed by atoms with Crippen LogP contribution in [0, 0.1) is 25.5 Å². The number of aromatic nitrogens is 2. The average molecular weight is 434 g/mol. The second-order valence-corrected chi connectivity index (χ2v) is 7.15. The number of urea groups is 1. The summed E-state index contributed by atoms with van der Waals surface area (Å²) in [6.07, 6.45) is 0.700. The highest BCUT2D eigenvalue weighted by Gasteiger charge is 2.26. The summed E-state index contributed by atoms with van der Waals surface area (Å²) < 4.78 is 31.4. The van der Waals surface area contributed by atoms with Gasteiger partial charge in [0.05, 0.1) is 22.8 Å². The standard InChI is InChI=1S/C21H21F2N5O.ClH/c1-11-4-3-5-12(2)19(11)28-20(14-10-25-7-6-17(14)27-28)13-8-16(23)18(9-15(13)22)26-21(24)29;/h3-5,8-9,25H,6-7,10H2,1-2H3,(H3,24,26,29);1H. The first-order valence-electron chi connectivity index (χ1n) is 9.30. The molecule has 4 rings (SSSR count). The number of fused-ring (bicyclic) bond motifs is 1. The van der Waals surface area contributed by atoms with Crippen molar-refractivity contribution in [3.8, 4) is 16.9 Å². The maximum Gasteiger partial charge on any atom is 0.316 e. The number of rotatable bonds is 3. The SMILES string of the molecule is Cc1cccc(C)c1-n1nc2c(c1-c1cc(F)c(NC(N)=O)cc1F)CNCC2.Cl. The number of carbonyl (C=O) groups excluding carboxylic acids is 1. The first-order chi connectivity index (χ1) is 13.9. The van der Waals surface area contributed by atoms with E-state index in [1.165, 1.54) is 0 Å². The van der Waals surface area contributed by atoms with Crippen molar-refractivity contribution < 1.29 is 13.6 Å². The van der Waals surface area contributed by atoms with E-state index in [0.717, 1.165) is 46.7 Å². The summed E-state index contributed by atoms with van der Waals surface area (Å²) in [7, 11) is 0. The van der Waals surface area contributed by atoms with E-state index in [0.29, 0.717) is 18.7 Å². The van der Waals surface area contributed by atoms with Gasteiger partial charge in [0.1, 0.15) is 11.6 Å². The number of para-hydroxylation sites is 1. The van der Waals surface area contributed by atoms with Gasteiger partial charge < -0.3 is 16.4 Å². The molecule has 0 spiro atoms. The Morgan fingerprint density at radius 1 is 1.20 bits per heavy atom. The fourth-order valence-corrected chi connectivity index (χ4v) is 3.84. The predicted molar refractivity (Wildman–Crippen MR) is 114 cm³/mol. The summed E-state index contributed by atoms with van der Waals surface area (Å²) in [5.41, 5.74) is 9.83. The Morgan fingerprint density at radius 3 is 2.57 bits per heavy atom. The highest BCUT2D eigenvalue weighted by atomic mass is 35.5. The molecule has 0 saturated heterocycles. The molecule has 1 aliphatic heterocycles. The number of primary amides is 1. The highest BCUT2D eigenvalue weighted by Crippen LogP contribution is 2.36. The first-order valence-corrected chi connectivity index (χ1v) is 9.30. The van der Waals surface area contributed by atoms with E-state index >= 15 is 4.39 Å². The van der Waals surface area contributed by atoms with Gasteiger partial charge in [0, 0.05) is 36.7 Å². The Hall–Kier alpha value is -2.97. The van der Waals surface area contributed by atoms with Gasteiger partial charge in [-0.25, -0.2) is 18.3 Å². The second-order valence-electron chi connectivity index (χ2n) is 7.15. The third-order valence-electron chi connectivity index (χ3n) is 5.13. The molecule has 1 aromatic heterocycles. The summed E-state index contributed by atoms with van der Waals surface area (Å²) in [4.78, 5) is 11.1. The molecule has 6 nitrogen and oxygen atoms in total. The van der Waals surface area contributed by atoms with E-state index in [1.54, 1.807) is 4.68 Å². The molecule has 0 aliphatic carbocycles. The molecule has 2 aromatic carbocycles. The Morgan fingerprint density at radius 2 is 1.90 bits per heavy atom. The number of hydrogen-bond acceptors (Lipinski definition) is 3. The fraction of sp³-hybridized carbons (Fsp3) is 0.238. The van der Waals surface area contributed by atoms with Crippen LogP contribution in [0.4, 0.5) is 19.3 Å². The number of benzene rings is 2. The van der Waals surface area contributed by atoms with Gasteiger partial charge in [0.25, 0.3) is 0 Å². The lowest BCUT2D eigenvalue weighted by molar-refractivity contribution is 0.259. The number of nitrogens with zero attached hydrogens (tertiary/aromatic N) is 2. The lowest BCUT2D eigenvalue weighted by atomic mass is 10.00. The number of amides is 2. The van der Waals surface area contributed by atoms with Crippen molar-refractivity contribution in [1.82, 2.24) is 15.1 Å². The van der Waals surface area contributed by atoms with Crippen LogP contribution in [0.25, 0.3) is 16.9 Å². The number of hydrogen-bond donors (Lipinski definition) is 3. The highest BCUT2D eigenvalue weighted by molar-refractivity contribution is 5.88. The number of nitrogens with two attached hydrogens (primary N) is 1. The number of nitrogens with one attached hydrogen (secondary N) is 2. The van der Waals surface area contributed by atoms with Gasteiger partial charge in [-0.05, 0) is 31.0 Å². The average Bonchev–Trinajstić information content (AvgIpc) is 3.03. The molecule has 0 bridgehead atoms. The molecule has 0 atom stereocenters.